The summed E-state index contributed by atoms with van der Waals surface area (Å²) in [7, 11) is 1.95. The molecule has 0 spiro atoms. The number of benzene rings is 1. The van der Waals surface area contributed by atoms with Crippen molar-refractivity contribution in [1.82, 2.24) is 14.9 Å². The van der Waals surface area contributed by atoms with Crippen LogP contribution in [-0.2, 0) is 13.5 Å². The third kappa shape index (κ3) is 3.32. The molecule has 0 aliphatic rings. The molecular weight excluding hydrogens is 341 g/mol. The van der Waals surface area contributed by atoms with E-state index < -0.39 is 0 Å². The Kier molecular flexibility index (Phi) is 4.35. The summed E-state index contributed by atoms with van der Waals surface area (Å²) in [4.78, 5) is 16.1. The molecule has 0 radical (unpaired) electrons. The second-order valence-electron chi connectivity index (χ2n) is 3.97. The summed E-state index contributed by atoms with van der Waals surface area (Å²) in [6.07, 6.45) is 4.40. The van der Waals surface area contributed by atoms with Crippen molar-refractivity contribution in [2.45, 2.75) is 6.42 Å². The van der Waals surface area contributed by atoms with E-state index in [1.54, 1.807) is 6.20 Å². The van der Waals surface area contributed by atoms with Crippen molar-refractivity contribution in [1.29, 1.82) is 0 Å². The lowest BCUT2D eigenvalue weighted by Gasteiger charge is -2.05. The average molecular weight is 355 g/mol. The highest BCUT2D eigenvalue weighted by molar-refractivity contribution is 14.1. The van der Waals surface area contributed by atoms with E-state index in [-0.39, 0.29) is 5.91 Å². The van der Waals surface area contributed by atoms with Gasteiger partial charge in [0, 0.05) is 41.5 Å². The molecule has 0 fully saturated rings. The second kappa shape index (κ2) is 5.99. The van der Waals surface area contributed by atoms with Gasteiger partial charge in [-0.1, -0.05) is 6.07 Å². The molecule has 5 heteroatoms. The van der Waals surface area contributed by atoms with Gasteiger partial charge in [-0.3, -0.25) is 4.79 Å². The van der Waals surface area contributed by atoms with Gasteiger partial charge in [0.15, 0.2) is 0 Å². The number of hydrogen-bond donors (Lipinski definition) is 1. The molecule has 0 aliphatic carbocycles. The van der Waals surface area contributed by atoms with Crippen LogP contribution < -0.4 is 5.32 Å². The monoisotopic (exact) mass is 355 g/mol. The predicted octanol–water partition coefficient (Wildman–Crippen LogP) is 2.00. The highest BCUT2D eigenvalue weighted by Crippen LogP contribution is 2.07. The molecular formula is C13H14IN3O. The first-order valence-electron chi connectivity index (χ1n) is 5.67. The van der Waals surface area contributed by atoms with Gasteiger partial charge in [-0.05, 0) is 40.8 Å². The van der Waals surface area contributed by atoms with E-state index in [1.165, 1.54) is 0 Å². The summed E-state index contributed by atoms with van der Waals surface area (Å²) in [5.41, 5.74) is 0.696. The third-order valence-corrected chi connectivity index (χ3v) is 3.31. The molecule has 0 atom stereocenters. The second-order valence-corrected chi connectivity index (χ2v) is 5.22. The summed E-state index contributed by atoms with van der Waals surface area (Å²) in [6, 6.07) is 7.54. The predicted molar refractivity (Wildman–Crippen MR) is 78.4 cm³/mol. The van der Waals surface area contributed by atoms with Gasteiger partial charge in [0.25, 0.3) is 5.91 Å². The molecule has 1 aromatic carbocycles. The van der Waals surface area contributed by atoms with Crippen molar-refractivity contribution in [2.75, 3.05) is 6.54 Å². The van der Waals surface area contributed by atoms with Crippen LogP contribution in [0.5, 0.6) is 0 Å². The van der Waals surface area contributed by atoms with E-state index in [9.17, 15) is 4.79 Å². The Morgan fingerprint density at radius 2 is 2.33 bits per heavy atom. The Bertz CT molecular complexity index is 551. The number of carbonyl (C=O) groups is 1. The fourth-order valence-electron chi connectivity index (χ4n) is 1.66. The van der Waals surface area contributed by atoms with Crippen LogP contribution >= 0.6 is 22.6 Å². The van der Waals surface area contributed by atoms with Crippen LogP contribution in [-0.4, -0.2) is 22.0 Å². The quantitative estimate of drug-likeness (QED) is 0.853. The molecule has 0 saturated heterocycles. The molecule has 1 N–H and O–H groups in total. The maximum absolute atomic E-state index is 11.9. The minimum Gasteiger partial charge on any atom is -0.352 e. The van der Waals surface area contributed by atoms with Crippen molar-refractivity contribution in [3.8, 4) is 0 Å². The van der Waals surface area contributed by atoms with Gasteiger partial charge in [0.2, 0.25) is 0 Å². The first kappa shape index (κ1) is 13.1. The molecule has 1 aromatic heterocycles. The van der Waals surface area contributed by atoms with Gasteiger partial charge in [-0.25, -0.2) is 4.98 Å². The van der Waals surface area contributed by atoms with Crippen molar-refractivity contribution in [2.24, 2.45) is 7.05 Å². The topological polar surface area (TPSA) is 46.9 Å². The molecule has 1 amide bonds. The zero-order chi connectivity index (χ0) is 13.0. The molecule has 18 heavy (non-hydrogen) atoms. The number of aryl methyl sites for hydroxylation is 1. The zero-order valence-corrected chi connectivity index (χ0v) is 12.2. The Hall–Kier alpha value is -1.37. The lowest BCUT2D eigenvalue weighted by molar-refractivity contribution is 0.0954. The molecule has 4 nitrogen and oxygen atoms in total. The van der Waals surface area contributed by atoms with Crippen LogP contribution in [0.4, 0.5) is 0 Å². The SMILES string of the molecule is Cn1ccnc1CCNC(=O)c1cccc(I)c1. The normalized spacial score (nSPS) is 10.3. The number of amides is 1. The summed E-state index contributed by atoms with van der Waals surface area (Å²) >= 11 is 2.20. The van der Waals surface area contributed by atoms with E-state index in [4.69, 9.17) is 0 Å². The lowest BCUT2D eigenvalue weighted by Crippen LogP contribution is -2.26. The maximum atomic E-state index is 11.9. The number of carbonyl (C=O) groups excluding carboxylic acids is 1. The molecule has 0 saturated carbocycles. The maximum Gasteiger partial charge on any atom is 0.251 e. The highest BCUT2D eigenvalue weighted by Gasteiger charge is 2.05. The van der Waals surface area contributed by atoms with E-state index in [0.717, 1.165) is 15.8 Å². The highest BCUT2D eigenvalue weighted by atomic mass is 127. The molecule has 2 aromatic rings. The fourth-order valence-corrected chi connectivity index (χ4v) is 2.20. The van der Waals surface area contributed by atoms with E-state index in [1.807, 2.05) is 42.1 Å². The number of imidazole rings is 1. The summed E-state index contributed by atoms with van der Waals surface area (Å²) in [5, 5.41) is 2.90. The number of aromatic nitrogens is 2. The Labute approximate surface area is 120 Å². The van der Waals surface area contributed by atoms with E-state index >= 15 is 0 Å². The minimum absolute atomic E-state index is 0.0391. The first-order valence-corrected chi connectivity index (χ1v) is 6.74. The van der Waals surface area contributed by atoms with Gasteiger partial charge < -0.3 is 9.88 Å². The molecule has 1 heterocycles. The van der Waals surface area contributed by atoms with Gasteiger partial charge in [-0.15, -0.1) is 0 Å². The number of nitrogens with zero attached hydrogens (tertiary/aromatic N) is 2. The van der Waals surface area contributed by atoms with Crippen molar-refractivity contribution in [3.63, 3.8) is 0 Å². The molecule has 0 bridgehead atoms. The number of nitrogens with one attached hydrogen (secondary N) is 1. The third-order valence-electron chi connectivity index (χ3n) is 2.64. The van der Waals surface area contributed by atoms with Gasteiger partial charge in [-0.2, -0.15) is 0 Å². The molecule has 0 unspecified atom stereocenters. The molecule has 2 rings (SSSR count). The Morgan fingerprint density at radius 1 is 1.50 bits per heavy atom. The van der Waals surface area contributed by atoms with E-state index in [2.05, 4.69) is 32.9 Å². The average Bonchev–Trinajstić information content (AvgIpc) is 2.75. The molecule has 0 aliphatic heterocycles. The summed E-state index contributed by atoms with van der Waals surface area (Å²) < 4.78 is 3.02. The summed E-state index contributed by atoms with van der Waals surface area (Å²) in [5.74, 6) is 0.931. The molecule has 94 valence electrons. The van der Waals surface area contributed by atoms with Crippen LogP contribution in [0.25, 0.3) is 0 Å². The van der Waals surface area contributed by atoms with Crippen molar-refractivity contribution < 1.29 is 4.79 Å². The van der Waals surface area contributed by atoms with Crippen molar-refractivity contribution >= 4 is 28.5 Å². The van der Waals surface area contributed by atoms with Crippen LogP contribution in [0.15, 0.2) is 36.7 Å². The van der Waals surface area contributed by atoms with Gasteiger partial charge >= 0.3 is 0 Å². The summed E-state index contributed by atoms with van der Waals surface area (Å²) in [6.45, 7) is 0.592. The number of hydrogen-bond acceptors (Lipinski definition) is 2. The first-order chi connectivity index (χ1) is 8.66. The zero-order valence-electron chi connectivity index (χ0n) is 10.1. The lowest BCUT2D eigenvalue weighted by atomic mass is 10.2. The fraction of sp³-hybridized carbons (Fsp3) is 0.231. The van der Waals surface area contributed by atoms with Gasteiger partial charge in [0.05, 0.1) is 0 Å². The Morgan fingerprint density at radius 3 is 3.00 bits per heavy atom. The Balaban J connectivity index is 1.87. The van der Waals surface area contributed by atoms with Crippen molar-refractivity contribution in [3.05, 3.63) is 51.6 Å². The van der Waals surface area contributed by atoms with Crippen LogP contribution in [0.3, 0.4) is 0 Å². The van der Waals surface area contributed by atoms with Crippen LogP contribution in [0.1, 0.15) is 16.2 Å². The smallest absolute Gasteiger partial charge is 0.251 e. The van der Waals surface area contributed by atoms with Gasteiger partial charge in [0.1, 0.15) is 5.82 Å². The van der Waals surface area contributed by atoms with Crippen LogP contribution in [0, 0.1) is 3.57 Å². The van der Waals surface area contributed by atoms with Crippen LogP contribution in [0.2, 0.25) is 0 Å². The number of rotatable bonds is 4. The number of halogens is 1. The van der Waals surface area contributed by atoms with E-state index in [0.29, 0.717) is 12.1 Å². The minimum atomic E-state index is -0.0391. The standard InChI is InChI=1S/C13H14IN3O/c1-17-8-7-15-12(17)5-6-16-13(18)10-3-2-4-11(14)9-10/h2-4,7-9H,5-6H2,1H3,(H,16,18). The largest absolute Gasteiger partial charge is 0.352 e.